The Morgan fingerprint density at radius 3 is 2.18 bits per heavy atom. The van der Waals surface area contributed by atoms with E-state index in [9.17, 15) is 19.7 Å². The molecule has 174 valence electrons. The van der Waals surface area contributed by atoms with Crippen molar-refractivity contribution in [2.75, 3.05) is 4.90 Å². The standard InChI is InChI=1S/C28H28N2O4/c1-17-7-9-18(10-8-17)25-26-21(5-4-6-23(26)31)29(19-11-13-20(14-12-19)30(33)34)22-15-28(2,3)16-24(32)27(22)25/h7-14,25H,4-6,15-16H2,1-3H3. The Morgan fingerprint density at radius 1 is 0.882 bits per heavy atom. The first-order chi connectivity index (χ1) is 16.2. The number of ketones is 2. The molecule has 1 atom stereocenters. The molecule has 2 aliphatic carbocycles. The quantitative estimate of drug-likeness (QED) is 0.408. The third kappa shape index (κ3) is 3.67. The van der Waals surface area contributed by atoms with E-state index in [0.29, 0.717) is 30.4 Å². The van der Waals surface area contributed by atoms with Crippen molar-refractivity contribution in [2.45, 2.75) is 58.8 Å². The summed E-state index contributed by atoms with van der Waals surface area (Å²) in [4.78, 5) is 40.0. The fraction of sp³-hybridized carbons (Fsp3) is 0.357. The van der Waals surface area contributed by atoms with E-state index in [1.54, 1.807) is 12.1 Å². The second-order valence-electron chi connectivity index (χ2n) is 10.4. The van der Waals surface area contributed by atoms with Crippen molar-refractivity contribution in [2.24, 2.45) is 5.41 Å². The average molecular weight is 457 g/mol. The molecule has 0 amide bonds. The topological polar surface area (TPSA) is 80.5 Å². The highest BCUT2D eigenvalue weighted by molar-refractivity contribution is 6.08. The molecular formula is C28H28N2O4. The van der Waals surface area contributed by atoms with Crippen molar-refractivity contribution in [1.29, 1.82) is 0 Å². The van der Waals surface area contributed by atoms with Crippen LogP contribution in [-0.2, 0) is 9.59 Å². The Bertz CT molecular complexity index is 1270. The number of rotatable bonds is 3. The van der Waals surface area contributed by atoms with E-state index >= 15 is 0 Å². The van der Waals surface area contributed by atoms with Crippen molar-refractivity contribution in [3.8, 4) is 0 Å². The van der Waals surface area contributed by atoms with E-state index < -0.39 is 4.92 Å². The lowest BCUT2D eigenvalue weighted by Gasteiger charge is -2.47. The van der Waals surface area contributed by atoms with Gasteiger partial charge in [-0.25, -0.2) is 0 Å². The van der Waals surface area contributed by atoms with Crippen LogP contribution < -0.4 is 4.90 Å². The number of aryl methyl sites for hydroxylation is 1. The van der Waals surface area contributed by atoms with Gasteiger partial charge in [-0.1, -0.05) is 43.7 Å². The van der Waals surface area contributed by atoms with E-state index in [1.807, 2.05) is 31.2 Å². The lowest BCUT2D eigenvalue weighted by Crippen LogP contribution is -2.42. The van der Waals surface area contributed by atoms with Crippen LogP contribution in [0.5, 0.6) is 0 Å². The zero-order valence-corrected chi connectivity index (χ0v) is 19.8. The third-order valence-corrected chi connectivity index (χ3v) is 7.17. The molecule has 0 N–H and O–H groups in total. The average Bonchev–Trinajstić information content (AvgIpc) is 2.78. The number of allylic oxidation sites excluding steroid dienone is 4. The summed E-state index contributed by atoms with van der Waals surface area (Å²) in [6.07, 6.45) is 3.07. The van der Waals surface area contributed by atoms with Crippen LogP contribution in [0.4, 0.5) is 11.4 Å². The summed E-state index contributed by atoms with van der Waals surface area (Å²) in [5.41, 5.74) is 5.92. The maximum absolute atomic E-state index is 13.7. The van der Waals surface area contributed by atoms with Crippen molar-refractivity contribution in [1.82, 2.24) is 0 Å². The number of carbonyl (C=O) groups excluding carboxylic acids is 2. The molecule has 0 fully saturated rings. The highest BCUT2D eigenvalue weighted by atomic mass is 16.6. The Hall–Kier alpha value is -3.54. The molecule has 5 rings (SSSR count). The number of anilines is 1. The first kappa shape index (κ1) is 22.3. The zero-order chi connectivity index (χ0) is 24.2. The summed E-state index contributed by atoms with van der Waals surface area (Å²) in [6, 6.07) is 14.6. The summed E-state index contributed by atoms with van der Waals surface area (Å²) in [5, 5.41) is 11.2. The molecule has 0 aromatic heterocycles. The monoisotopic (exact) mass is 456 g/mol. The van der Waals surface area contributed by atoms with Crippen molar-refractivity contribution in [3.05, 3.63) is 92.3 Å². The number of carbonyl (C=O) groups is 2. The molecule has 0 saturated heterocycles. The number of nitro benzene ring substituents is 1. The van der Waals surface area contributed by atoms with Gasteiger partial charge < -0.3 is 4.90 Å². The maximum Gasteiger partial charge on any atom is 0.269 e. The number of nitrogens with zero attached hydrogens (tertiary/aromatic N) is 2. The predicted molar refractivity (Wildman–Crippen MR) is 130 cm³/mol. The van der Waals surface area contributed by atoms with Gasteiger partial charge in [0, 0.05) is 59.1 Å². The van der Waals surface area contributed by atoms with Crippen molar-refractivity contribution >= 4 is 22.9 Å². The molecule has 2 aromatic carbocycles. The van der Waals surface area contributed by atoms with Gasteiger partial charge in [-0.3, -0.25) is 19.7 Å². The number of benzene rings is 2. The molecule has 6 heteroatoms. The van der Waals surface area contributed by atoms with Gasteiger partial charge in [-0.2, -0.15) is 0 Å². The van der Waals surface area contributed by atoms with Crippen LogP contribution in [0, 0.1) is 22.5 Å². The number of Topliss-reactive ketones (excluding diaryl/α,β-unsaturated/α-hetero) is 2. The number of hydrogen-bond acceptors (Lipinski definition) is 5. The highest BCUT2D eigenvalue weighted by Crippen LogP contribution is 2.53. The van der Waals surface area contributed by atoms with E-state index in [-0.39, 0.29) is 28.6 Å². The van der Waals surface area contributed by atoms with Gasteiger partial charge >= 0.3 is 0 Å². The summed E-state index contributed by atoms with van der Waals surface area (Å²) < 4.78 is 0. The third-order valence-electron chi connectivity index (χ3n) is 7.17. The molecule has 0 saturated carbocycles. The van der Waals surface area contributed by atoms with Crippen molar-refractivity contribution in [3.63, 3.8) is 0 Å². The second-order valence-corrected chi connectivity index (χ2v) is 10.4. The van der Waals surface area contributed by atoms with Crippen LogP contribution in [0.25, 0.3) is 0 Å². The van der Waals surface area contributed by atoms with E-state index in [0.717, 1.165) is 41.1 Å². The summed E-state index contributed by atoms with van der Waals surface area (Å²) in [5.74, 6) is -0.201. The molecule has 0 spiro atoms. The molecule has 0 bridgehead atoms. The normalized spacial score (nSPS) is 22.0. The Labute approximate surface area is 199 Å². The van der Waals surface area contributed by atoms with Gasteiger partial charge in [0.15, 0.2) is 11.6 Å². The van der Waals surface area contributed by atoms with Crippen molar-refractivity contribution < 1.29 is 14.5 Å². The number of nitro groups is 1. The van der Waals surface area contributed by atoms with Gasteiger partial charge in [-0.15, -0.1) is 0 Å². The molecule has 6 nitrogen and oxygen atoms in total. The van der Waals surface area contributed by atoms with Gasteiger partial charge in [0.2, 0.25) is 0 Å². The van der Waals surface area contributed by atoms with E-state index in [4.69, 9.17) is 0 Å². The van der Waals surface area contributed by atoms with E-state index in [1.165, 1.54) is 12.1 Å². The van der Waals surface area contributed by atoms with Crippen LogP contribution in [0.1, 0.15) is 63.0 Å². The molecule has 2 aromatic rings. The van der Waals surface area contributed by atoms with Gasteiger partial charge in [0.25, 0.3) is 5.69 Å². The minimum absolute atomic E-state index is 0.0152. The first-order valence-electron chi connectivity index (χ1n) is 11.8. The molecule has 1 heterocycles. The first-order valence-corrected chi connectivity index (χ1v) is 11.8. The minimum atomic E-state index is -0.416. The highest BCUT2D eigenvalue weighted by Gasteiger charge is 2.46. The van der Waals surface area contributed by atoms with Gasteiger partial charge in [-0.05, 0) is 49.3 Å². The second kappa shape index (κ2) is 8.05. The van der Waals surface area contributed by atoms with Gasteiger partial charge in [0.1, 0.15) is 0 Å². The SMILES string of the molecule is Cc1ccc(C2C3=C(CCCC3=O)N(c3ccc([N+](=O)[O-])cc3)C3=C2C(=O)CC(C)(C)C3)cc1. The molecule has 0 radical (unpaired) electrons. The molecule has 1 unspecified atom stereocenters. The summed E-state index contributed by atoms with van der Waals surface area (Å²) in [7, 11) is 0. The number of non-ortho nitro benzene ring substituents is 1. The van der Waals surface area contributed by atoms with Crippen LogP contribution in [0.3, 0.4) is 0 Å². The Kier molecular flexibility index (Phi) is 5.27. The van der Waals surface area contributed by atoms with Crippen LogP contribution in [0.15, 0.2) is 71.1 Å². The summed E-state index contributed by atoms with van der Waals surface area (Å²) >= 11 is 0. The molecule has 3 aliphatic rings. The van der Waals surface area contributed by atoms with E-state index in [2.05, 4.69) is 18.7 Å². The fourth-order valence-corrected chi connectivity index (χ4v) is 5.67. The Morgan fingerprint density at radius 2 is 1.53 bits per heavy atom. The largest absolute Gasteiger partial charge is 0.317 e. The number of hydrogen-bond donors (Lipinski definition) is 0. The lowest BCUT2D eigenvalue weighted by atomic mass is 9.66. The van der Waals surface area contributed by atoms with Crippen LogP contribution in [-0.4, -0.2) is 16.5 Å². The predicted octanol–water partition coefficient (Wildman–Crippen LogP) is 6.16. The smallest absolute Gasteiger partial charge is 0.269 e. The maximum atomic E-state index is 13.7. The lowest BCUT2D eigenvalue weighted by molar-refractivity contribution is -0.384. The fourth-order valence-electron chi connectivity index (χ4n) is 5.67. The minimum Gasteiger partial charge on any atom is -0.317 e. The molecule has 34 heavy (non-hydrogen) atoms. The molecular weight excluding hydrogens is 428 g/mol. The Balaban J connectivity index is 1.77. The van der Waals surface area contributed by atoms with Crippen LogP contribution in [0.2, 0.25) is 0 Å². The molecule has 1 aliphatic heterocycles. The van der Waals surface area contributed by atoms with Crippen LogP contribution >= 0.6 is 0 Å². The summed E-state index contributed by atoms with van der Waals surface area (Å²) in [6.45, 7) is 6.22. The van der Waals surface area contributed by atoms with Gasteiger partial charge in [0.05, 0.1) is 4.92 Å². The zero-order valence-electron chi connectivity index (χ0n) is 19.8.